The number of rotatable bonds is 9. The van der Waals surface area contributed by atoms with Gasteiger partial charge in [-0.1, -0.05) is 42.5 Å². The van der Waals surface area contributed by atoms with E-state index in [1.54, 1.807) is 25.2 Å². The highest BCUT2D eigenvalue weighted by molar-refractivity contribution is 7.92. The van der Waals surface area contributed by atoms with Crippen LogP contribution >= 0.6 is 0 Å². The number of aromatic nitrogens is 2. The number of benzene rings is 2. The molecule has 0 spiro atoms. The molecular weight excluding hydrogens is 512 g/mol. The van der Waals surface area contributed by atoms with Crippen LogP contribution in [0.5, 0.6) is 0 Å². The first-order valence-electron chi connectivity index (χ1n) is 11.3. The van der Waals surface area contributed by atoms with Gasteiger partial charge in [0.25, 0.3) is 15.7 Å². The maximum Gasteiger partial charge on any atom is 0.269 e. The summed E-state index contributed by atoms with van der Waals surface area (Å²) in [5.74, 6) is -0.896. The van der Waals surface area contributed by atoms with Gasteiger partial charge in [-0.25, -0.2) is 13.4 Å². The first kappa shape index (κ1) is 26.4. The summed E-state index contributed by atoms with van der Waals surface area (Å²) < 4.78 is 27.7. The van der Waals surface area contributed by atoms with Crippen molar-refractivity contribution in [2.24, 2.45) is 11.1 Å². The highest BCUT2D eigenvalue weighted by Gasteiger charge is 2.47. The van der Waals surface area contributed by atoms with Crippen molar-refractivity contribution in [2.45, 2.75) is 24.0 Å². The number of nitro benzene ring substituents is 1. The van der Waals surface area contributed by atoms with Crippen LogP contribution in [0.1, 0.15) is 12.5 Å². The Labute approximate surface area is 218 Å². The first-order valence-corrected chi connectivity index (χ1v) is 12.8. The van der Waals surface area contributed by atoms with Gasteiger partial charge in [-0.15, -0.1) is 0 Å². The molecule has 2 unspecified atom stereocenters. The SMILES string of the molecule is CC(Nc1nccc(NS(=O)(=O)c2ccc([N+](=O)[O-])cc2)n1)C1(C(N)=O)C=CC(c2ccccc2)=C[C@@H]1O. The summed E-state index contributed by atoms with van der Waals surface area (Å²) in [7, 11) is -4.11. The molecule has 1 amide bonds. The summed E-state index contributed by atoms with van der Waals surface area (Å²) in [5, 5.41) is 24.8. The van der Waals surface area contributed by atoms with E-state index in [0.717, 1.165) is 35.4 Å². The van der Waals surface area contributed by atoms with Crippen LogP contribution in [0, 0.1) is 15.5 Å². The van der Waals surface area contributed by atoms with Gasteiger partial charge < -0.3 is 16.2 Å². The number of aliphatic hydroxyl groups is 1. The summed E-state index contributed by atoms with van der Waals surface area (Å²) in [6.07, 6.45) is 4.83. The standard InChI is InChI=1S/C25H24N6O6S/c1-16(25(23(26)33)13-11-18(15-21(25)32)17-5-3-2-4-6-17)28-24-27-14-12-22(29-24)30-38(36,37)20-9-7-19(8-10-20)31(34)35/h2-16,21,32H,1H3,(H2,26,33)(H2,27,28,29,30)/t16?,21-,25?/m0/s1. The molecule has 0 radical (unpaired) electrons. The van der Waals surface area contributed by atoms with Crippen molar-refractivity contribution in [1.82, 2.24) is 9.97 Å². The van der Waals surface area contributed by atoms with Crippen molar-refractivity contribution < 1.29 is 23.2 Å². The number of anilines is 2. The number of amides is 1. The van der Waals surface area contributed by atoms with E-state index in [4.69, 9.17) is 5.73 Å². The number of sulfonamides is 1. The van der Waals surface area contributed by atoms with Crippen LogP contribution in [-0.4, -0.2) is 46.5 Å². The number of carbonyl (C=O) groups excluding carboxylic acids is 1. The fourth-order valence-electron chi connectivity index (χ4n) is 4.10. The number of nitrogens with one attached hydrogen (secondary N) is 2. The molecule has 0 saturated heterocycles. The van der Waals surface area contributed by atoms with Crippen molar-refractivity contribution in [3.8, 4) is 0 Å². The summed E-state index contributed by atoms with van der Waals surface area (Å²) in [6.45, 7) is 1.62. The maximum absolute atomic E-state index is 12.7. The molecule has 3 atom stereocenters. The third-order valence-corrected chi connectivity index (χ3v) is 7.58. The number of carbonyl (C=O) groups is 1. The molecule has 5 N–H and O–H groups in total. The molecule has 1 aliphatic carbocycles. The molecule has 1 aromatic heterocycles. The smallest absolute Gasteiger partial charge is 0.269 e. The predicted molar refractivity (Wildman–Crippen MR) is 140 cm³/mol. The molecule has 3 aromatic rings. The number of nitro groups is 1. The number of primary amides is 1. The van der Waals surface area contributed by atoms with Crippen LogP contribution in [0.15, 0.2) is 90.0 Å². The number of nitrogens with zero attached hydrogens (tertiary/aromatic N) is 3. The highest BCUT2D eigenvalue weighted by Crippen LogP contribution is 2.37. The van der Waals surface area contributed by atoms with Gasteiger partial charge in [-0.3, -0.25) is 19.6 Å². The Morgan fingerprint density at radius 1 is 1.16 bits per heavy atom. The molecule has 0 aliphatic heterocycles. The largest absolute Gasteiger partial charge is 0.387 e. The van der Waals surface area contributed by atoms with Gasteiger partial charge in [0.05, 0.1) is 15.9 Å². The van der Waals surface area contributed by atoms with Crippen LogP contribution in [0.2, 0.25) is 0 Å². The van der Waals surface area contributed by atoms with E-state index in [2.05, 4.69) is 20.0 Å². The van der Waals surface area contributed by atoms with Gasteiger partial charge in [-0.05, 0) is 42.3 Å². The van der Waals surface area contributed by atoms with Crippen LogP contribution in [0.3, 0.4) is 0 Å². The van der Waals surface area contributed by atoms with Crippen LogP contribution in [0.4, 0.5) is 17.5 Å². The minimum absolute atomic E-state index is 0.0274. The summed E-state index contributed by atoms with van der Waals surface area (Å²) in [4.78, 5) is 30.8. The molecule has 0 fully saturated rings. The summed E-state index contributed by atoms with van der Waals surface area (Å²) in [6, 6.07) is 14.2. The van der Waals surface area contributed by atoms with Gasteiger partial charge in [0.15, 0.2) is 0 Å². The second-order valence-corrected chi connectivity index (χ2v) is 10.2. The van der Waals surface area contributed by atoms with Crippen molar-refractivity contribution in [3.63, 3.8) is 0 Å². The van der Waals surface area contributed by atoms with Crippen molar-refractivity contribution >= 4 is 39.0 Å². The van der Waals surface area contributed by atoms with E-state index < -0.39 is 38.4 Å². The van der Waals surface area contributed by atoms with Crippen molar-refractivity contribution in [1.29, 1.82) is 0 Å². The number of hydrogen-bond donors (Lipinski definition) is 4. The fraction of sp³-hybridized carbons (Fsp3) is 0.160. The van der Waals surface area contributed by atoms with E-state index in [0.29, 0.717) is 0 Å². The molecule has 1 heterocycles. The topological polar surface area (TPSA) is 190 Å². The lowest BCUT2D eigenvalue weighted by atomic mass is 9.71. The van der Waals surface area contributed by atoms with Gasteiger partial charge in [-0.2, -0.15) is 4.98 Å². The van der Waals surface area contributed by atoms with E-state index in [9.17, 15) is 28.4 Å². The highest BCUT2D eigenvalue weighted by atomic mass is 32.2. The average Bonchev–Trinajstić information content (AvgIpc) is 2.89. The molecule has 38 heavy (non-hydrogen) atoms. The van der Waals surface area contributed by atoms with Crippen molar-refractivity contribution in [2.75, 3.05) is 10.0 Å². The first-order chi connectivity index (χ1) is 18.0. The Balaban J connectivity index is 1.54. The summed E-state index contributed by atoms with van der Waals surface area (Å²) >= 11 is 0. The summed E-state index contributed by atoms with van der Waals surface area (Å²) in [5.41, 5.74) is 5.53. The zero-order valence-electron chi connectivity index (χ0n) is 20.1. The lowest BCUT2D eigenvalue weighted by molar-refractivity contribution is -0.384. The normalized spacial score (nSPS) is 19.7. The monoisotopic (exact) mass is 536 g/mol. The Bertz CT molecular complexity index is 1530. The van der Waals surface area contributed by atoms with Gasteiger partial charge in [0.1, 0.15) is 11.2 Å². The molecule has 13 heteroatoms. The lowest BCUT2D eigenvalue weighted by Crippen LogP contribution is -2.55. The number of aliphatic hydroxyl groups excluding tert-OH is 1. The minimum Gasteiger partial charge on any atom is -0.387 e. The predicted octanol–water partition coefficient (Wildman–Crippen LogP) is 2.47. The number of allylic oxidation sites excluding steroid dienone is 2. The van der Waals surface area contributed by atoms with Crippen LogP contribution in [0.25, 0.3) is 5.57 Å². The third-order valence-electron chi connectivity index (χ3n) is 6.21. The Morgan fingerprint density at radius 2 is 1.84 bits per heavy atom. The molecule has 12 nitrogen and oxygen atoms in total. The Hall–Kier alpha value is -4.62. The quantitative estimate of drug-likeness (QED) is 0.235. The van der Waals surface area contributed by atoms with E-state index in [1.165, 1.54) is 12.3 Å². The van der Waals surface area contributed by atoms with Gasteiger partial charge >= 0.3 is 0 Å². The molecular formula is C25H24N6O6S. The Morgan fingerprint density at radius 3 is 2.45 bits per heavy atom. The molecule has 1 aliphatic rings. The van der Waals surface area contributed by atoms with Crippen molar-refractivity contribution in [3.05, 3.63) is 101 Å². The fourth-order valence-corrected chi connectivity index (χ4v) is 5.10. The number of non-ortho nitro benzene ring substituents is 1. The molecule has 196 valence electrons. The Kier molecular flexibility index (Phi) is 7.23. The zero-order chi connectivity index (χ0) is 27.5. The number of hydrogen-bond acceptors (Lipinski definition) is 9. The average molecular weight is 537 g/mol. The van der Waals surface area contributed by atoms with E-state index in [1.807, 2.05) is 30.3 Å². The van der Waals surface area contributed by atoms with E-state index >= 15 is 0 Å². The lowest BCUT2D eigenvalue weighted by Gasteiger charge is -2.39. The molecule has 0 bridgehead atoms. The third kappa shape index (κ3) is 5.23. The maximum atomic E-state index is 12.7. The second kappa shape index (κ2) is 10.4. The zero-order valence-corrected chi connectivity index (χ0v) is 20.9. The van der Waals surface area contributed by atoms with Gasteiger partial charge in [0, 0.05) is 24.4 Å². The minimum atomic E-state index is -4.11. The molecule has 0 saturated carbocycles. The molecule has 4 rings (SSSR count). The van der Waals surface area contributed by atoms with Gasteiger partial charge in [0.2, 0.25) is 11.9 Å². The van der Waals surface area contributed by atoms with E-state index in [-0.39, 0.29) is 22.3 Å². The second-order valence-electron chi connectivity index (χ2n) is 8.55. The number of nitrogens with two attached hydrogens (primary N) is 1. The molecule has 2 aromatic carbocycles. The van der Waals surface area contributed by atoms with Crippen LogP contribution < -0.4 is 15.8 Å². The van der Waals surface area contributed by atoms with Crippen LogP contribution in [-0.2, 0) is 14.8 Å².